The van der Waals surface area contributed by atoms with Crippen molar-refractivity contribution in [3.8, 4) is 0 Å². The van der Waals surface area contributed by atoms with E-state index in [4.69, 9.17) is 0 Å². The van der Waals surface area contributed by atoms with Crippen molar-refractivity contribution in [1.29, 1.82) is 0 Å². The Hall–Kier alpha value is -1.22. The normalized spacial score (nSPS) is 23.6. The predicted molar refractivity (Wildman–Crippen MR) is 86.6 cm³/mol. The fraction of sp³-hybridized carbons (Fsp3) is 0.647. The van der Waals surface area contributed by atoms with Gasteiger partial charge in [0.05, 0.1) is 0 Å². The first-order valence-corrected chi connectivity index (χ1v) is 8.21. The molecule has 2 saturated heterocycles. The molecule has 0 amide bonds. The van der Waals surface area contributed by atoms with E-state index in [2.05, 4.69) is 39.8 Å². The molecule has 3 heteroatoms. The van der Waals surface area contributed by atoms with Crippen LogP contribution in [-0.2, 0) is 0 Å². The van der Waals surface area contributed by atoms with E-state index in [0.717, 1.165) is 12.5 Å². The molecule has 0 spiro atoms. The lowest BCUT2D eigenvalue weighted by Gasteiger charge is -2.29. The number of rotatable bonds is 4. The van der Waals surface area contributed by atoms with Crippen molar-refractivity contribution in [3.05, 3.63) is 24.3 Å². The first kappa shape index (κ1) is 13.7. The van der Waals surface area contributed by atoms with Gasteiger partial charge in [0.25, 0.3) is 0 Å². The van der Waals surface area contributed by atoms with Crippen LogP contribution in [0.4, 0.5) is 11.4 Å². The van der Waals surface area contributed by atoms with E-state index in [0.29, 0.717) is 0 Å². The van der Waals surface area contributed by atoms with Gasteiger partial charge < -0.3 is 15.5 Å². The number of anilines is 2. The Labute approximate surface area is 122 Å². The highest BCUT2D eigenvalue weighted by atomic mass is 15.1. The van der Waals surface area contributed by atoms with Gasteiger partial charge in [0.2, 0.25) is 0 Å². The zero-order chi connectivity index (χ0) is 13.6. The van der Waals surface area contributed by atoms with E-state index in [-0.39, 0.29) is 0 Å². The maximum Gasteiger partial charge on any atom is 0.0367 e. The minimum Gasteiger partial charge on any atom is -0.385 e. The Morgan fingerprint density at radius 2 is 1.85 bits per heavy atom. The van der Waals surface area contributed by atoms with Crippen molar-refractivity contribution in [2.75, 3.05) is 42.9 Å². The number of nitrogens with zero attached hydrogens (tertiary/aromatic N) is 1. The number of hydrogen-bond acceptors (Lipinski definition) is 3. The van der Waals surface area contributed by atoms with Crippen molar-refractivity contribution in [2.45, 2.75) is 32.1 Å². The zero-order valence-corrected chi connectivity index (χ0v) is 12.4. The molecule has 0 aliphatic carbocycles. The number of benzene rings is 1. The molecule has 2 aliphatic rings. The van der Waals surface area contributed by atoms with Crippen LogP contribution >= 0.6 is 0 Å². The first-order chi connectivity index (χ1) is 9.92. The maximum absolute atomic E-state index is 3.59. The lowest BCUT2D eigenvalue weighted by Crippen LogP contribution is -2.33. The molecule has 0 aromatic heterocycles. The standard InChI is InChI=1S/C17H27N3/c1-2-11-20(12-3-1)17-8-6-16(7-9-17)19-14-15-5-4-10-18-13-15/h6-9,15,18-19H,1-5,10-14H2. The summed E-state index contributed by atoms with van der Waals surface area (Å²) in [6, 6.07) is 9.01. The van der Waals surface area contributed by atoms with Gasteiger partial charge in [-0.3, -0.25) is 0 Å². The lowest BCUT2D eigenvalue weighted by molar-refractivity contribution is 0.393. The summed E-state index contributed by atoms with van der Waals surface area (Å²) in [5.74, 6) is 0.783. The molecule has 0 radical (unpaired) electrons. The number of piperidine rings is 2. The Kier molecular flexibility index (Phi) is 4.80. The zero-order valence-electron chi connectivity index (χ0n) is 12.4. The summed E-state index contributed by atoms with van der Waals surface area (Å²) in [6.07, 6.45) is 6.75. The number of hydrogen-bond donors (Lipinski definition) is 2. The maximum atomic E-state index is 3.59. The summed E-state index contributed by atoms with van der Waals surface area (Å²) in [7, 11) is 0. The molecule has 2 heterocycles. The second-order valence-corrected chi connectivity index (χ2v) is 6.19. The second-order valence-electron chi connectivity index (χ2n) is 6.19. The van der Waals surface area contributed by atoms with Crippen molar-refractivity contribution < 1.29 is 0 Å². The van der Waals surface area contributed by atoms with Crippen molar-refractivity contribution in [2.24, 2.45) is 5.92 Å². The van der Waals surface area contributed by atoms with Gasteiger partial charge in [0, 0.05) is 31.0 Å². The van der Waals surface area contributed by atoms with E-state index in [1.54, 1.807) is 0 Å². The summed E-state index contributed by atoms with van der Waals surface area (Å²) in [4.78, 5) is 2.51. The van der Waals surface area contributed by atoms with Crippen LogP contribution in [0.25, 0.3) is 0 Å². The SMILES string of the molecule is c1cc(N2CCCCC2)ccc1NCC1CCCNC1. The average Bonchev–Trinajstić information content (AvgIpc) is 2.55. The monoisotopic (exact) mass is 273 g/mol. The van der Waals surface area contributed by atoms with Crippen LogP contribution in [0.15, 0.2) is 24.3 Å². The Morgan fingerprint density at radius 1 is 1.05 bits per heavy atom. The Bertz CT molecular complexity index is 389. The van der Waals surface area contributed by atoms with Gasteiger partial charge in [-0.25, -0.2) is 0 Å². The molecule has 2 fully saturated rings. The van der Waals surface area contributed by atoms with E-state index in [1.165, 1.54) is 69.7 Å². The third-order valence-corrected chi connectivity index (χ3v) is 4.58. The molecule has 3 nitrogen and oxygen atoms in total. The second kappa shape index (κ2) is 6.98. The fourth-order valence-electron chi connectivity index (χ4n) is 3.30. The van der Waals surface area contributed by atoms with Crippen molar-refractivity contribution in [1.82, 2.24) is 5.32 Å². The minimum absolute atomic E-state index is 0.783. The smallest absolute Gasteiger partial charge is 0.0367 e. The molecule has 1 atom stereocenters. The molecule has 20 heavy (non-hydrogen) atoms. The molecular weight excluding hydrogens is 246 g/mol. The third-order valence-electron chi connectivity index (χ3n) is 4.58. The van der Waals surface area contributed by atoms with Crippen LogP contribution in [0.2, 0.25) is 0 Å². The van der Waals surface area contributed by atoms with Crippen LogP contribution in [0.1, 0.15) is 32.1 Å². The number of nitrogens with one attached hydrogen (secondary N) is 2. The van der Waals surface area contributed by atoms with Gasteiger partial charge in [0.1, 0.15) is 0 Å². The molecule has 0 saturated carbocycles. The van der Waals surface area contributed by atoms with Crippen LogP contribution in [0.5, 0.6) is 0 Å². The van der Waals surface area contributed by atoms with Crippen molar-refractivity contribution >= 4 is 11.4 Å². The predicted octanol–water partition coefficient (Wildman–Crippen LogP) is 3.09. The molecule has 1 unspecified atom stereocenters. The molecule has 0 bridgehead atoms. The highest BCUT2D eigenvalue weighted by molar-refractivity contribution is 5.55. The van der Waals surface area contributed by atoms with E-state index in [1.807, 2.05) is 0 Å². The van der Waals surface area contributed by atoms with Gasteiger partial charge in [-0.2, -0.15) is 0 Å². The summed E-state index contributed by atoms with van der Waals surface area (Å²) < 4.78 is 0. The van der Waals surface area contributed by atoms with E-state index in [9.17, 15) is 0 Å². The molecule has 1 aromatic rings. The molecular formula is C17H27N3. The fourth-order valence-corrected chi connectivity index (χ4v) is 3.30. The summed E-state index contributed by atoms with van der Waals surface area (Å²) in [5, 5.41) is 7.06. The largest absolute Gasteiger partial charge is 0.385 e. The van der Waals surface area contributed by atoms with E-state index >= 15 is 0 Å². The van der Waals surface area contributed by atoms with E-state index < -0.39 is 0 Å². The molecule has 3 rings (SSSR count). The molecule has 2 aliphatic heterocycles. The van der Waals surface area contributed by atoms with Gasteiger partial charge in [0.15, 0.2) is 0 Å². The van der Waals surface area contributed by atoms with Gasteiger partial charge in [-0.1, -0.05) is 0 Å². The van der Waals surface area contributed by atoms with Gasteiger partial charge >= 0.3 is 0 Å². The van der Waals surface area contributed by atoms with Crippen LogP contribution in [-0.4, -0.2) is 32.7 Å². The highest BCUT2D eigenvalue weighted by Crippen LogP contribution is 2.22. The van der Waals surface area contributed by atoms with Gasteiger partial charge in [-0.05, 0) is 75.4 Å². The minimum atomic E-state index is 0.783. The van der Waals surface area contributed by atoms with Crippen LogP contribution < -0.4 is 15.5 Å². The first-order valence-electron chi connectivity index (χ1n) is 8.21. The topological polar surface area (TPSA) is 27.3 Å². The Balaban J connectivity index is 1.50. The van der Waals surface area contributed by atoms with Gasteiger partial charge in [-0.15, -0.1) is 0 Å². The molecule has 2 N–H and O–H groups in total. The van der Waals surface area contributed by atoms with Crippen molar-refractivity contribution in [3.63, 3.8) is 0 Å². The summed E-state index contributed by atoms with van der Waals surface area (Å²) in [6.45, 7) is 5.90. The van der Waals surface area contributed by atoms with Crippen LogP contribution in [0.3, 0.4) is 0 Å². The summed E-state index contributed by atoms with van der Waals surface area (Å²) >= 11 is 0. The molecule has 110 valence electrons. The summed E-state index contributed by atoms with van der Waals surface area (Å²) in [5.41, 5.74) is 2.64. The third kappa shape index (κ3) is 3.66. The Morgan fingerprint density at radius 3 is 2.55 bits per heavy atom. The molecule has 1 aromatic carbocycles. The highest BCUT2D eigenvalue weighted by Gasteiger charge is 2.13. The van der Waals surface area contributed by atoms with Crippen LogP contribution in [0, 0.1) is 5.92 Å². The lowest BCUT2D eigenvalue weighted by atomic mass is 10.00. The average molecular weight is 273 g/mol. The quantitative estimate of drug-likeness (QED) is 0.883.